The van der Waals surface area contributed by atoms with Gasteiger partial charge in [0.05, 0.1) is 13.5 Å². The summed E-state index contributed by atoms with van der Waals surface area (Å²) in [6.07, 6.45) is 6.42. The Morgan fingerprint density at radius 2 is 2.00 bits per heavy atom. The fourth-order valence-corrected chi connectivity index (χ4v) is 0.936. The van der Waals surface area contributed by atoms with E-state index in [1.807, 2.05) is 6.08 Å². The van der Waals surface area contributed by atoms with Crippen LogP contribution in [0.2, 0.25) is 0 Å². The molecule has 1 N–H and O–H groups in total. The largest absolute Gasteiger partial charge is 0.481 e. The molecule has 0 unspecified atom stereocenters. The lowest BCUT2D eigenvalue weighted by Crippen LogP contribution is -1.98. The lowest BCUT2D eigenvalue weighted by Gasteiger charge is -1.96. The van der Waals surface area contributed by atoms with Crippen LogP contribution in [0.3, 0.4) is 0 Å². The molecular weight excluding hydrogens is 184 g/mol. The molecule has 0 radical (unpaired) electrons. The summed E-state index contributed by atoms with van der Waals surface area (Å²) in [5.74, 6) is -1.02. The predicted octanol–water partition coefficient (Wildman–Crippen LogP) is 1.75. The number of carbonyl (C=O) groups excluding carboxylic acids is 1. The Bertz CT molecular complexity index is 208. The molecule has 0 aromatic heterocycles. The Morgan fingerprint density at radius 1 is 1.29 bits per heavy atom. The summed E-state index contributed by atoms with van der Waals surface area (Å²) in [4.78, 5) is 20.8. The van der Waals surface area contributed by atoms with Gasteiger partial charge in [-0.25, -0.2) is 0 Å². The van der Waals surface area contributed by atoms with E-state index in [1.54, 1.807) is 6.08 Å². The summed E-state index contributed by atoms with van der Waals surface area (Å²) in [5.41, 5.74) is 0. The van der Waals surface area contributed by atoms with Crippen LogP contribution in [0.5, 0.6) is 0 Å². The molecule has 0 spiro atoms. The minimum atomic E-state index is -0.823. The SMILES string of the molecule is COC(=O)CCCCC=CCC(=O)O. The van der Waals surface area contributed by atoms with Crippen molar-refractivity contribution in [3.63, 3.8) is 0 Å². The summed E-state index contributed by atoms with van der Waals surface area (Å²) < 4.78 is 4.47. The van der Waals surface area contributed by atoms with Gasteiger partial charge in [-0.05, 0) is 19.3 Å². The lowest BCUT2D eigenvalue weighted by molar-refractivity contribution is -0.140. The molecule has 0 rings (SSSR count). The number of carbonyl (C=O) groups is 2. The summed E-state index contributed by atoms with van der Waals surface area (Å²) in [7, 11) is 1.37. The molecule has 0 aliphatic rings. The molecule has 4 nitrogen and oxygen atoms in total. The Kier molecular flexibility index (Phi) is 7.50. The summed E-state index contributed by atoms with van der Waals surface area (Å²) in [6.45, 7) is 0. The maximum atomic E-state index is 10.7. The van der Waals surface area contributed by atoms with Crippen molar-refractivity contribution in [3.05, 3.63) is 12.2 Å². The van der Waals surface area contributed by atoms with Crippen molar-refractivity contribution in [1.82, 2.24) is 0 Å². The third kappa shape index (κ3) is 8.77. The van der Waals surface area contributed by atoms with Crippen LogP contribution < -0.4 is 0 Å². The molecule has 0 atom stereocenters. The predicted molar refractivity (Wildman–Crippen MR) is 51.9 cm³/mol. The van der Waals surface area contributed by atoms with Gasteiger partial charge in [-0.15, -0.1) is 0 Å². The van der Waals surface area contributed by atoms with Gasteiger partial charge in [0, 0.05) is 6.42 Å². The highest BCUT2D eigenvalue weighted by Gasteiger charge is 1.97. The van der Waals surface area contributed by atoms with Crippen LogP contribution in [0, 0.1) is 0 Å². The van der Waals surface area contributed by atoms with Crippen molar-refractivity contribution >= 4 is 11.9 Å². The van der Waals surface area contributed by atoms with E-state index in [1.165, 1.54) is 7.11 Å². The molecule has 0 aromatic rings. The number of hydrogen-bond acceptors (Lipinski definition) is 3. The van der Waals surface area contributed by atoms with Gasteiger partial charge in [0.1, 0.15) is 0 Å². The van der Waals surface area contributed by atoms with Crippen LogP contribution in [0.15, 0.2) is 12.2 Å². The molecule has 0 fully saturated rings. The molecule has 14 heavy (non-hydrogen) atoms. The first-order chi connectivity index (χ1) is 6.66. The number of allylic oxidation sites excluding steroid dienone is 1. The number of carboxylic acids is 1. The molecule has 0 saturated carbocycles. The number of hydrogen-bond donors (Lipinski definition) is 1. The van der Waals surface area contributed by atoms with Crippen molar-refractivity contribution in [2.45, 2.75) is 32.1 Å². The minimum Gasteiger partial charge on any atom is -0.481 e. The highest BCUT2D eigenvalue weighted by Crippen LogP contribution is 2.02. The number of ether oxygens (including phenoxy) is 1. The number of esters is 1. The van der Waals surface area contributed by atoms with E-state index in [9.17, 15) is 9.59 Å². The Hall–Kier alpha value is -1.32. The second kappa shape index (κ2) is 8.29. The van der Waals surface area contributed by atoms with Crippen molar-refractivity contribution in [2.24, 2.45) is 0 Å². The van der Waals surface area contributed by atoms with Crippen LogP contribution in [0.25, 0.3) is 0 Å². The zero-order chi connectivity index (χ0) is 10.8. The van der Waals surface area contributed by atoms with Crippen molar-refractivity contribution in [3.8, 4) is 0 Å². The van der Waals surface area contributed by atoms with E-state index >= 15 is 0 Å². The Morgan fingerprint density at radius 3 is 2.57 bits per heavy atom. The first-order valence-electron chi connectivity index (χ1n) is 4.60. The highest BCUT2D eigenvalue weighted by atomic mass is 16.5. The number of methoxy groups -OCH3 is 1. The summed E-state index contributed by atoms with van der Waals surface area (Å²) in [5, 5.41) is 8.31. The van der Waals surface area contributed by atoms with Gasteiger partial charge in [-0.3, -0.25) is 9.59 Å². The van der Waals surface area contributed by atoms with Crippen LogP contribution in [-0.4, -0.2) is 24.2 Å². The zero-order valence-corrected chi connectivity index (χ0v) is 8.36. The van der Waals surface area contributed by atoms with Crippen LogP contribution in [-0.2, 0) is 14.3 Å². The molecule has 0 aliphatic heterocycles. The topological polar surface area (TPSA) is 63.6 Å². The molecule has 0 saturated heterocycles. The maximum absolute atomic E-state index is 10.7. The molecule has 0 aromatic carbocycles. The molecule has 4 heteroatoms. The number of rotatable bonds is 7. The van der Waals surface area contributed by atoms with Crippen LogP contribution in [0.1, 0.15) is 32.1 Å². The van der Waals surface area contributed by atoms with E-state index in [4.69, 9.17) is 5.11 Å². The van der Waals surface area contributed by atoms with Gasteiger partial charge in [0.15, 0.2) is 0 Å². The Balaban J connectivity index is 3.25. The average molecular weight is 200 g/mol. The van der Waals surface area contributed by atoms with Crippen molar-refractivity contribution < 1.29 is 19.4 Å². The lowest BCUT2D eigenvalue weighted by atomic mass is 10.2. The van der Waals surface area contributed by atoms with Crippen LogP contribution in [0.4, 0.5) is 0 Å². The summed E-state index contributed by atoms with van der Waals surface area (Å²) >= 11 is 0. The smallest absolute Gasteiger partial charge is 0.307 e. The number of unbranched alkanes of at least 4 members (excludes halogenated alkanes) is 2. The average Bonchev–Trinajstić information content (AvgIpc) is 2.15. The Labute approximate surface area is 83.6 Å². The number of aliphatic carboxylic acids is 1. The van der Waals surface area contributed by atoms with E-state index < -0.39 is 5.97 Å². The van der Waals surface area contributed by atoms with Gasteiger partial charge in [-0.1, -0.05) is 12.2 Å². The monoisotopic (exact) mass is 200 g/mol. The van der Waals surface area contributed by atoms with E-state index in [0.717, 1.165) is 19.3 Å². The van der Waals surface area contributed by atoms with E-state index in [2.05, 4.69) is 4.74 Å². The fourth-order valence-electron chi connectivity index (χ4n) is 0.936. The first kappa shape index (κ1) is 12.7. The molecule has 0 amide bonds. The van der Waals surface area contributed by atoms with E-state index in [0.29, 0.717) is 6.42 Å². The van der Waals surface area contributed by atoms with Gasteiger partial charge < -0.3 is 9.84 Å². The van der Waals surface area contributed by atoms with Gasteiger partial charge in [0.2, 0.25) is 0 Å². The van der Waals surface area contributed by atoms with Crippen molar-refractivity contribution in [1.29, 1.82) is 0 Å². The van der Waals surface area contributed by atoms with Gasteiger partial charge in [-0.2, -0.15) is 0 Å². The first-order valence-corrected chi connectivity index (χ1v) is 4.60. The second-order valence-corrected chi connectivity index (χ2v) is 2.89. The summed E-state index contributed by atoms with van der Waals surface area (Å²) in [6, 6.07) is 0. The second-order valence-electron chi connectivity index (χ2n) is 2.89. The standard InChI is InChI=1S/C10H16O4/c1-14-10(13)8-6-4-2-3-5-7-9(11)12/h3,5H,2,4,6-8H2,1H3,(H,11,12). The zero-order valence-electron chi connectivity index (χ0n) is 8.36. The molecule has 0 bridgehead atoms. The van der Waals surface area contributed by atoms with Crippen molar-refractivity contribution in [2.75, 3.05) is 7.11 Å². The quantitative estimate of drug-likeness (QED) is 0.386. The van der Waals surface area contributed by atoms with Gasteiger partial charge in [0.25, 0.3) is 0 Å². The highest BCUT2D eigenvalue weighted by molar-refractivity contribution is 5.69. The van der Waals surface area contributed by atoms with Crippen LogP contribution >= 0.6 is 0 Å². The maximum Gasteiger partial charge on any atom is 0.307 e. The van der Waals surface area contributed by atoms with E-state index in [-0.39, 0.29) is 12.4 Å². The minimum absolute atomic E-state index is 0.0665. The molecule has 0 aliphatic carbocycles. The molecular formula is C10H16O4. The third-order valence-electron chi connectivity index (χ3n) is 1.69. The third-order valence-corrected chi connectivity index (χ3v) is 1.69. The fraction of sp³-hybridized carbons (Fsp3) is 0.600. The van der Waals surface area contributed by atoms with Gasteiger partial charge >= 0.3 is 11.9 Å². The molecule has 80 valence electrons. The molecule has 0 heterocycles. The normalized spacial score (nSPS) is 10.4. The number of carboxylic acid groups (broad SMARTS) is 1.